The summed E-state index contributed by atoms with van der Waals surface area (Å²) in [6.07, 6.45) is 4.05. The van der Waals surface area contributed by atoms with E-state index in [2.05, 4.69) is 28.9 Å². The van der Waals surface area contributed by atoms with Crippen molar-refractivity contribution in [2.75, 3.05) is 5.32 Å². The van der Waals surface area contributed by atoms with Crippen LogP contribution in [0.4, 0.5) is 5.69 Å². The number of rotatable bonds is 4. The van der Waals surface area contributed by atoms with Gasteiger partial charge < -0.3 is 15.0 Å². The number of hydrogen-bond acceptors (Lipinski definition) is 2. The van der Waals surface area contributed by atoms with Crippen molar-refractivity contribution in [1.82, 2.24) is 4.57 Å². The number of phenols is 1. The molecule has 1 unspecified atom stereocenters. The molecule has 0 fully saturated rings. The molecule has 2 aromatic carbocycles. The molecule has 0 bridgehead atoms. The summed E-state index contributed by atoms with van der Waals surface area (Å²) in [5, 5.41) is 13.0. The largest absolute Gasteiger partial charge is 0.508 e. The Morgan fingerprint density at radius 2 is 1.71 bits per heavy atom. The van der Waals surface area contributed by atoms with Gasteiger partial charge in [0.2, 0.25) is 0 Å². The monoisotopic (exact) mass is 278 g/mol. The molecule has 0 saturated heterocycles. The highest BCUT2D eigenvalue weighted by Gasteiger charge is 2.06. The summed E-state index contributed by atoms with van der Waals surface area (Å²) < 4.78 is 2.07. The summed E-state index contributed by atoms with van der Waals surface area (Å²) in [5.74, 6) is 0.294. The van der Waals surface area contributed by atoms with Gasteiger partial charge in [-0.15, -0.1) is 0 Å². The minimum atomic E-state index is 0.122. The molecule has 3 nitrogen and oxygen atoms in total. The van der Waals surface area contributed by atoms with Crippen LogP contribution in [0.2, 0.25) is 0 Å². The summed E-state index contributed by atoms with van der Waals surface area (Å²) in [6.45, 7) is 2.08. The lowest BCUT2D eigenvalue weighted by atomic mass is 10.1. The van der Waals surface area contributed by atoms with Crippen molar-refractivity contribution in [3.63, 3.8) is 0 Å². The second-order valence-corrected chi connectivity index (χ2v) is 5.10. The molecular formula is C18H18N2O. The Hall–Kier alpha value is -2.68. The average molecular weight is 278 g/mol. The summed E-state index contributed by atoms with van der Waals surface area (Å²) >= 11 is 0. The predicted octanol–water partition coefficient (Wildman–Crippen LogP) is 4.36. The van der Waals surface area contributed by atoms with Crippen molar-refractivity contribution in [2.24, 2.45) is 0 Å². The first-order chi connectivity index (χ1) is 10.2. The highest BCUT2D eigenvalue weighted by molar-refractivity contribution is 5.52. The number of phenolic OH excluding ortho intramolecular Hbond substituents is 1. The van der Waals surface area contributed by atoms with Crippen LogP contribution >= 0.6 is 0 Å². The predicted molar refractivity (Wildman–Crippen MR) is 85.9 cm³/mol. The number of anilines is 1. The molecule has 0 aliphatic rings. The quantitative estimate of drug-likeness (QED) is 0.744. The molecule has 2 N–H and O–H groups in total. The van der Waals surface area contributed by atoms with Gasteiger partial charge in [-0.3, -0.25) is 0 Å². The Morgan fingerprint density at radius 1 is 0.952 bits per heavy atom. The van der Waals surface area contributed by atoms with Crippen LogP contribution in [0, 0.1) is 0 Å². The minimum absolute atomic E-state index is 0.122. The molecule has 0 radical (unpaired) electrons. The third-order valence-corrected chi connectivity index (χ3v) is 3.50. The Bertz CT molecular complexity index is 720. The highest BCUT2D eigenvalue weighted by Crippen LogP contribution is 2.23. The summed E-state index contributed by atoms with van der Waals surface area (Å²) in [7, 11) is 0. The van der Waals surface area contributed by atoms with Gasteiger partial charge in [0.05, 0.1) is 0 Å². The van der Waals surface area contributed by atoms with E-state index < -0.39 is 0 Å². The van der Waals surface area contributed by atoms with Gasteiger partial charge in [-0.05, 0) is 55.0 Å². The van der Waals surface area contributed by atoms with Gasteiger partial charge in [-0.25, -0.2) is 0 Å². The Balaban J connectivity index is 1.80. The lowest BCUT2D eigenvalue weighted by molar-refractivity contribution is 0.474. The van der Waals surface area contributed by atoms with E-state index in [9.17, 15) is 5.11 Å². The molecule has 0 amide bonds. The Labute approximate surface area is 124 Å². The van der Waals surface area contributed by atoms with Gasteiger partial charge in [0.15, 0.2) is 0 Å². The maximum absolute atomic E-state index is 9.57. The van der Waals surface area contributed by atoms with E-state index in [0.29, 0.717) is 5.75 Å². The molecule has 1 heterocycles. The maximum atomic E-state index is 9.57. The number of nitrogens with one attached hydrogen (secondary N) is 1. The van der Waals surface area contributed by atoms with E-state index in [-0.39, 0.29) is 6.04 Å². The van der Waals surface area contributed by atoms with E-state index >= 15 is 0 Å². The third-order valence-electron chi connectivity index (χ3n) is 3.50. The first kappa shape index (κ1) is 13.3. The third kappa shape index (κ3) is 3.08. The van der Waals surface area contributed by atoms with E-state index in [4.69, 9.17) is 0 Å². The van der Waals surface area contributed by atoms with Gasteiger partial charge in [0.1, 0.15) is 5.75 Å². The zero-order valence-corrected chi connectivity index (χ0v) is 11.9. The van der Waals surface area contributed by atoms with Gasteiger partial charge in [-0.2, -0.15) is 0 Å². The topological polar surface area (TPSA) is 37.2 Å². The van der Waals surface area contributed by atoms with Crippen molar-refractivity contribution in [2.45, 2.75) is 13.0 Å². The fraction of sp³-hybridized carbons (Fsp3) is 0.111. The average Bonchev–Trinajstić information content (AvgIpc) is 3.02. The van der Waals surface area contributed by atoms with Crippen molar-refractivity contribution in [3.05, 3.63) is 78.6 Å². The summed E-state index contributed by atoms with van der Waals surface area (Å²) in [5.41, 5.74) is 3.23. The number of hydrogen-bond donors (Lipinski definition) is 2. The SMILES string of the molecule is CC(Nc1cccc(-n2cccc2)c1)c1cccc(O)c1. The van der Waals surface area contributed by atoms with Gasteiger partial charge in [-0.1, -0.05) is 18.2 Å². The molecule has 21 heavy (non-hydrogen) atoms. The van der Waals surface area contributed by atoms with Gasteiger partial charge in [0.25, 0.3) is 0 Å². The zero-order valence-electron chi connectivity index (χ0n) is 11.9. The van der Waals surface area contributed by atoms with Crippen LogP contribution in [0.3, 0.4) is 0 Å². The molecule has 0 spiro atoms. The van der Waals surface area contributed by atoms with E-state index in [1.807, 2.05) is 48.8 Å². The first-order valence-electron chi connectivity index (χ1n) is 7.01. The summed E-state index contributed by atoms with van der Waals surface area (Å²) in [6, 6.07) is 19.7. The van der Waals surface area contributed by atoms with Crippen molar-refractivity contribution in [3.8, 4) is 11.4 Å². The van der Waals surface area contributed by atoms with Crippen LogP contribution in [-0.2, 0) is 0 Å². The fourth-order valence-electron chi connectivity index (χ4n) is 2.39. The van der Waals surface area contributed by atoms with E-state index in [1.54, 1.807) is 12.1 Å². The molecule has 3 aromatic rings. The fourth-order valence-corrected chi connectivity index (χ4v) is 2.39. The first-order valence-corrected chi connectivity index (χ1v) is 7.01. The number of aromatic hydroxyl groups is 1. The van der Waals surface area contributed by atoms with Gasteiger partial charge in [0, 0.05) is 29.8 Å². The summed E-state index contributed by atoms with van der Waals surface area (Å²) in [4.78, 5) is 0. The molecule has 1 atom stereocenters. The van der Waals surface area contributed by atoms with Crippen LogP contribution < -0.4 is 5.32 Å². The van der Waals surface area contributed by atoms with Crippen LogP contribution in [0.5, 0.6) is 5.75 Å². The standard InChI is InChI=1S/C18H18N2O/c1-14(15-6-4-9-18(21)12-15)19-16-7-5-8-17(13-16)20-10-2-3-11-20/h2-14,19,21H,1H3. The normalized spacial score (nSPS) is 12.0. The molecule has 0 aliphatic carbocycles. The molecule has 0 saturated carbocycles. The smallest absolute Gasteiger partial charge is 0.115 e. The van der Waals surface area contributed by atoms with E-state index in [0.717, 1.165) is 16.9 Å². The van der Waals surface area contributed by atoms with Crippen LogP contribution in [0.15, 0.2) is 73.1 Å². The molecule has 1 aromatic heterocycles. The highest BCUT2D eigenvalue weighted by atomic mass is 16.3. The molecule has 106 valence electrons. The second-order valence-electron chi connectivity index (χ2n) is 5.10. The molecule has 3 rings (SSSR count). The Morgan fingerprint density at radius 3 is 2.48 bits per heavy atom. The number of benzene rings is 2. The lowest BCUT2D eigenvalue weighted by Gasteiger charge is -2.17. The molecule has 0 aliphatic heterocycles. The van der Waals surface area contributed by atoms with Crippen molar-refractivity contribution in [1.29, 1.82) is 0 Å². The maximum Gasteiger partial charge on any atom is 0.115 e. The number of nitrogens with zero attached hydrogens (tertiary/aromatic N) is 1. The second kappa shape index (κ2) is 5.75. The lowest BCUT2D eigenvalue weighted by Crippen LogP contribution is -2.06. The van der Waals surface area contributed by atoms with Gasteiger partial charge >= 0.3 is 0 Å². The molecular weight excluding hydrogens is 260 g/mol. The van der Waals surface area contributed by atoms with E-state index in [1.165, 1.54) is 0 Å². The van der Waals surface area contributed by atoms with Crippen molar-refractivity contribution < 1.29 is 5.11 Å². The minimum Gasteiger partial charge on any atom is -0.508 e. The number of aromatic nitrogens is 1. The van der Waals surface area contributed by atoms with Crippen LogP contribution in [0.25, 0.3) is 5.69 Å². The zero-order chi connectivity index (χ0) is 14.7. The van der Waals surface area contributed by atoms with Crippen LogP contribution in [-0.4, -0.2) is 9.67 Å². The Kier molecular flexibility index (Phi) is 3.65. The van der Waals surface area contributed by atoms with Crippen molar-refractivity contribution >= 4 is 5.69 Å². The van der Waals surface area contributed by atoms with Crippen LogP contribution in [0.1, 0.15) is 18.5 Å². The molecule has 3 heteroatoms.